The molecule has 0 aliphatic carbocycles. The molecule has 8 heteroatoms. The normalized spacial score (nSPS) is 24.8. The summed E-state index contributed by atoms with van der Waals surface area (Å²) in [5.74, 6) is 0.374. The maximum Gasteiger partial charge on any atom is 0.285 e. The zero-order valence-electron chi connectivity index (χ0n) is 17.3. The zero-order chi connectivity index (χ0) is 21.4. The molecular formula is C23H26N4O3S. The molecule has 1 amide bonds. The van der Waals surface area contributed by atoms with Gasteiger partial charge in [-0.3, -0.25) is 9.69 Å². The average molecular weight is 439 g/mol. The molecule has 0 radical (unpaired) electrons. The Morgan fingerprint density at radius 3 is 2.65 bits per heavy atom. The molecule has 7 nitrogen and oxygen atoms in total. The summed E-state index contributed by atoms with van der Waals surface area (Å²) in [5.41, 5.74) is 1.87. The third kappa shape index (κ3) is 3.97. The van der Waals surface area contributed by atoms with E-state index in [0.29, 0.717) is 24.4 Å². The van der Waals surface area contributed by atoms with Gasteiger partial charge in [0.05, 0.1) is 0 Å². The second kappa shape index (κ2) is 8.09. The highest BCUT2D eigenvalue weighted by Crippen LogP contribution is 2.31. The van der Waals surface area contributed by atoms with E-state index in [1.165, 1.54) is 5.56 Å². The Bertz CT molecular complexity index is 1120. The second-order valence-corrected chi connectivity index (χ2v) is 10.0. The van der Waals surface area contributed by atoms with Gasteiger partial charge in [0.2, 0.25) is 5.91 Å². The minimum atomic E-state index is -3.69. The molecule has 2 aromatic carbocycles. The molecule has 0 aromatic heterocycles. The van der Waals surface area contributed by atoms with Crippen molar-refractivity contribution in [1.29, 1.82) is 0 Å². The van der Waals surface area contributed by atoms with Crippen molar-refractivity contribution in [2.45, 2.75) is 42.8 Å². The average Bonchev–Trinajstić information content (AvgIpc) is 3.47. The molecule has 0 spiro atoms. The van der Waals surface area contributed by atoms with Crippen molar-refractivity contribution in [3.05, 3.63) is 65.7 Å². The number of hydrogen-bond acceptors (Lipinski definition) is 5. The van der Waals surface area contributed by atoms with Crippen LogP contribution >= 0.6 is 0 Å². The molecular weight excluding hydrogens is 412 g/mol. The summed E-state index contributed by atoms with van der Waals surface area (Å²) in [6.07, 6.45) is 2.46. The number of likely N-dealkylation sites (tertiary alicyclic amines) is 2. The van der Waals surface area contributed by atoms with Crippen LogP contribution in [0.3, 0.4) is 0 Å². The summed E-state index contributed by atoms with van der Waals surface area (Å²) in [6.45, 7) is 3.29. The highest BCUT2D eigenvalue weighted by atomic mass is 32.2. The molecule has 0 bridgehead atoms. The van der Waals surface area contributed by atoms with Gasteiger partial charge < -0.3 is 10.2 Å². The highest BCUT2D eigenvalue weighted by molar-refractivity contribution is 7.90. The zero-order valence-corrected chi connectivity index (χ0v) is 18.1. The number of sulfonamides is 1. The lowest BCUT2D eigenvalue weighted by atomic mass is 10.1. The van der Waals surface area contributed by atoms with Crippen molar-refractivity contribution >= 4 is 21.8 Å². The highest BCUT2D eigenvalue weighted by Gasteiger charge is 2.40. The first-order chi connectivity index (χ1) is 15.0. The van der Waals surface area contributed by atoms with Crippen molar-refractivity contribution in [1.82, 2.24) is 15.1 Å². The molecule has 2 atom stereocenters. The van der Waals surface area contributed by atoms with Crippen LogP contribution in [0.4, 0.5) is 0 Å². The number of nitrogens with one attached hydrogen (secondary N) is 1. The summed E-state index contributed by atoms with van der Waals surface area (Å²) >= 11 is 0. The molecule has 3 heterocycles. The van der Waals surface area contributed by atoms with Crippen LogP contribution in [-0.4, -0.2) is 61.7 Å². The predicted molar refractivity (Wildman–Crippen MR) is 118 cm³/mol. The standard InChI is InChI=1S/C23H26N4O3S/c28-23(24-18-12-14-26(16-18)15-17-7-2-1-3-8-17)20-10-6-13-27(20)22-19-9-4-5-11-21(19)31(29,30)25-22/h1-5,7-9,11,18,20H,6,10,12-16H2,(H,24,28). The van der Waals surface area contributed by atoms with E-state index >= 15 is 0 Å². The molecule has 2 aromatic rings. The lowest BCUT2D eigenvalue weighted by molar-refractivity contribution is -0.125. The van der Waals surface area contributed by atoms with Crippen LogP contribution in [0.1, 0.15) is 30.4 Å². The molecule has 3 aliphatic heterocycles. The number of amidine groups is 1. The van der Waals surface area contributed by atoms with Gasteiger partial charge in [0.25, 0.3) is 10.0 Å². The van der Waals surface area contributed by atoms with Gasteiger partial charge >= 0.3 is 0 Å². The molecule has 0 saturated carbocycles. The summed E-state index contributed by atoms with van der Waals surface area (Å²) in [4.78, 5) is 17.6. The van der Waals surface area contributed by atoms with E-state index in [0.717, 1.165) is 32.5 Å². The minimum absolute atomic E-state index is 0.0338. The predicted octanol–water partition coefficient (Wildman–Crippen LogP) is 1.99. The molecule has 2 fully saturated rings. The monoisotopic (exact) mass is 438 g/mol. The summed E-state index contributed by atoms with van der Waals surface area (Å²) in [5, 5.41) is 3.21. The number of carbonyl (C=O) groups is 1. The Balaban J connectivity index is 1.25. The van der Waals surface area contributed by atoms with E-state index < -0.39 is 10.0 Å². The van der Waals surface area contributed by atoms with Crippen molar-refractivity contribution in [2.75, 3.05) is 19.6 Å². The smallest absolute Gasteiger partial charge is 0.285 e. The second-order valence-electron chi connectivity index (χ2n) is 8.45. The van der Waals surface area contributed by atoms with Crippen LogP contribution in [0.25, 0.3) is 0 Å². The molecule has 1 N–H and O–H groups in total. The minimum Gasteiger partial charge on any atom is -0.350 e. The van der Waals surface area contributed by atoms with Gasteiger partial charge in [-0.15, -0.1) is 4.40 Å². The Kier molecular flexibility index (Phi) is 5.27. The first kappa shape index (κ1) is 20.2. The fraction of sp³-hybridized carbons (Fsp3) is 0.391. The van der Waals surface area contributed by atoms with Crippen LogP contribution in [0, 0.1) is 0 Å². The van der Waals surface area contributed by atoms with E-state index in [9.17, 15) is 13.2 Å². The maximum atomic E-state index is 13.1. The fourth-order valence-corrected chi connectivity index (χ4v) is 6.04. The molecule has 5 rings (SSSR count). The number of hydrogen-bond donors (Lipinski definition) is 1. The first-order valence-electron chi connectivity index (χ1n) is 10.8. The molecule has 31 heavy (non-hydrogen) atoms. The van der Waals surface area contributed by atoms with Crippen molar-refractivity contribution in [2.24, 2.45) is 4.40 Å². The Morgan fingerprint density at radius 1 is 1.03 bits per heavy atom. The molecule has 3 aliphatic rings. The van der Waals surface area contributed by atoms with Crippen molar-refractivity contribution in [3.8, 4) is 0 Å². The van der Waals surface area contributed by atoms with Crippen LogP contribution in [0.15, 0.2) is 63.9 Å². The molecule has 2 saturated heterocycles. The lowest BCUT2D eigenvalue weighted by Gasteiger charge is -2.27. The molecule has 2 unspecified atom stereocenters. The summed E-state index contributed by atoms with van der Waals surface area (Å²) in [6, 6.07) is 16.9. The van der Waals surface area contributed by atoms with Crippen LogP contribution in [-0.2, 0) is 21.4 Å². The molecule has 162 valence electrons. The SMILES string of the molecule is O=C(NC1CCN(Cc2ccccc2)C1)C1CCCN1C1=NS(=O)(=O)c2ccccc21. The maximum absolute atomic E-state index is 13.1. The third-order valence-electron chi connectivity index (χ3n) is 6.31. The number of fused-ring (bicyclic) bond motifs is 1. The van der Waals surface area contributed by atoms with E-state index in [2.05, 4.69) is 26.7 Å². The van der Waals surface area contributed by atoms with Crippen LogP contribution < -0.4 is 5.32 Å². The van der Waals surface area contributed by atoms with Gasteiger partial charge in [0, 0.05) is 37.8 Å². The summed E-state index contributed by atoms with van der Waals surface area (Å²) in [7, 11) is -3.69. The van der Waals surface area contributed by atoms with E-state index in [1.807, 2.05) is 23.1 Å². The Labute approximate surface area is 182 Å². The van der Waals surface area contributed by atoms with Gasteiger partial charge in [-0.2, -0.15) is 8.42 Å². The number of nitrogens with zero attached hydrogens (tertiary/aromatic N) is 3. The van der Waals surface area contributed by atoms with Gasteiger partial charge in [0.1, 0.15) is 10.9 Å². The van der Waals surface area contributed by atoms with E-state index in [1.54, 1.807) is 24.3 Å². The Hall–Kier alpha value is -2.71. The summed E-state index contributed by atoms with van der Waals surface area (Å²) < 4.78 is 28.9. The largest absolute Gasteiger partial charge is 0.350 e. The first-order valence-corrected chi connectivity index (χ1v) is 12.2. The number of carbonyl (C=O) groups excluding carboxylic acids is 1. The van der Waals surface area contributed by atoms with Crippen molar-refractivity contribution in [3.63, 3.8) is 0 Å². The van der Waals surface area contributed by atoms with Crippen LogP contribution in [0.2, 0.25) is 0 Å². The number of rotatable bonds is 4. The van der Waals surface area contributed by atoms with Gasteiger partial charge in [-0.1, -0.05) is 42.5 Å². The topological polar surface area (TPSA) is 82.1 Å². The number of amides is 1. The van der Waals surface area contributed by atoms with Gasteiger partial charge in [-0.25, -0.2) is 0 Å². The van der Waals surface area contributed by atoms with Crippen LogP contribution in [0.5, 0.6) is 0 Å². The van der Waals surface area contributed by atoms with E-state index in [4.69, 9.17) is 0 Å². The fourth-order valence-electron chi connectivity index (χ4n) is 4.82. The van der Waals surface area contributed by atoms with Gasteiger partial charge in [0.15, 0.2) is 5.84 Å². The van der Waals surface area contributed by atoms with Crippen molar-refractivity contribution < 1.29 is 13.2 Å². The third-order valence-corrected chi connectivity index (χ3v) is 7.63. The Morgan fingerprint density at radius 2 is 1.81 bits per heavy atom. The number of benzene rings is 2. The van der Waals surface area contributed by atoms with Gasteiger partial charge in [-0.05, 0) is 37.0 Å². The lowest BCUT2D eigenvalue weighted by Crippen LogP contribution is -2.49. The quantitative estimate of drug-likeness (QED) is 0.790. The van der Waals surface area contributed by atoms with E-state index in [-0.39, 0.29) is 22.9 Å².